The molecule has 0 atom stereocenters. The van der Waals surface area contributed by atoms with E-state index in [2.05, 4.69) is 15.5 Å². The predicted molar refractivity (Wildman–Crippen MR) is 96.2 cm³/mol. The van der Waals surface area contributed by atoms with Gasteiger partial charge in [-0.15, -0.1) is 5.10 Å². The van der Waals surface area contributed by atoms with Crippen molar-refractivity contribution in [3.8, 4) is 23.0 Å². The van der Waals surface area contributed by atoms with Crippen molar-refractivity contribution in [2.24, 2.45) is 0 Å². The molecule has 134 valence electrons. The van der Waals surface area contributed by atoms with Gasteiger partial charge < -0.3 is 13.9 Å². The Morgan fingerprint density at radius 2 is 1.88 bits per heavy atom. The average molecular weight is 353 g/mol. The van der Waals surface area contributed by atoms with Crippen LogP contribution in [0.5, 0.6) is 11.5 Å². The molecule has 7 nitrogen and oxygen atoms in total. The zero-order valence-corrected chi connectivity index (χ0v) is 14.6. The van der Waals surface area contributed by atoms with Gasteiger partial charge in [-0.1, -0.05) is 35.4 Å². The second-order valence-corrected chi connectivity index (χ2v) is 5.51. The number of ether oxygens (including phenoxy) is 2. The Labute approximate surface area is 151 Å². The van der Waals surface area contributed by atoms with Gasteiger partial charge >= 0.3 is 6.01 Å². The number of amides is 1. The second kappa shape index (κ2) is 8.15. The first-order valence-corrected chi connectivity index (χ1v) is 8.09. The predicted octanol–water partition coefficient (Wildman–Crippen LogP) is 3.33. The van der Waals surface area contributed by atoms with Crippen LogP contribution in [0.3, 0.4) is 0 Å². The fourth-order valence-electron chi connectivity index (χ4n) is 2.45. The average Bonchev–Trinajstić information content (AvgIpc) is 3.15. The van der Waals surface area contributed by atoms with E-state index in [1.165, 1.54) is 0 Å². The molecule has 1 amide bonds. The van der Waals surface area contributed by atoms with E-state index in [0.29, 0.717) is 29.9 Å². The Morgan fingerprint density at radius 1 is 1.08 bits per heavy atom. The third kappa shape index (κ3) is 4.18. The summed E-state index contributed by atoms with van der Waals surface area (Å²) in [5.74, 6) is 1.24. The van der Waals surface area contributed by atoms with E-state index < -0.39 is 0 Å². The van der Waals surface area contributed by atoms with Gasteiger partial charge in [0.25, 0.3) is 5.89 Å². The molecule has 1 N–H and O–H groups in total. The van der Waals surface area contributed by atoms with Crippen LogP contribution in [0.2, 0.25) is 0 Å². The number of hydrogen-bond donors (Lipinski definition) is 1. The Hall–Kier alpha value is -3.35. The van der Waals surface area contributed by atoms with Crippen molar-refractivity contribution in [3.05, 3.63) is 54.1 Å². The minimum Gasteiger partial charge on any atom is -0.497 e. The number of carbonyl (C=O) groups is 1. The smallest absolute Gasteiger partial charge is 0.322 e. The van der Waals surface area contributed by atoms with Gasteiger partial charge in [0, 0.05) is 6.42 Å². The van der Waals surface area contributed by atoms with Crippen LogP contribution in [0.4, 0.5) is 6.01 Å². The van der Waals surface area contributed by atoms with E-state index in [0.717, 1.165) is 5.56 Å². The van der Waals surface area contributed by atoms with E-state index >= 15 is 0 Å². The van der Waals surface area contributed by atoms with Gasteiger partial charge in [-0.05, 0) is 30.2 Å². The summed E-state index contributed by atoms with van der Waals surface area (Å²) in [5.41, 5.74) is 1.68. The number of hydrogen-bond acceptors (Lipinski definition) is 6. The molecular formula is C19H19N3O4. The molecule has 0 aliphatic heterocycles. The van der Waals surface area contributed by atoms with Crippen molar-refractivity contribution >= 4 is 11.9 Å². The van der Waals surface area contributed by atoms with Gasteiger partial charge in [-0.2, -0.15) is 0 Å². The highest BCUT2D eigenvalue weighted by Crippen LogP contribution is 2.33. The van der Waals surface area contributed by atoms with Crippen molar-refractivity contribution in [2.75, 3.05) is 19.5 Å². The monoisotopic (exact) mass is 353 g/mol. The number of aromatic nitrogens is 2. The van der Waals surface area contributed by atoms with E-state index in [4.69, 9.17) is 13.9 Å². The lowest BCUT2D eigenvalue weighted by Gasteiger charge is -2.07. The largest absolute Gasteiger partial charge is 0.497 e. The number of rotatable bonds is 7. The lowest BCUT2D eigenvalue weighted by Crippen LogP contribution is -2.12. The van der Waals surface area contributed by atoms with Crippen LogP contribution < -0.4 is 14.8 Å². The topological polar surface area (TPSA) is 86.5 Å². The van der Waals surface area contributed by atoms with E-state index in [1.807, 2.05) is 30.3 Å². The normalized spacial score (nSPS) is 10.4. The van der Waals surface area contributed by atoms with Crippen LogP contribution >= 0.6 is 0 Å². The molecule has 0 aliphatic rings. The van der Waals surface area contributed by atoms with Gasteiger partial charge in [0.05, 0.1) is 19.8 Å². The molecule has 0 bridgehead atoms. The van der Waals surface area contributed by atoms with Gasteiger partial charge in [0.15, 0.2) is 0 Å². The van der Waals surface area contributed by atoms with Crippen molar-refractivity contribution < 1.29 is 18.7 Å². The molecule has 26 heavy (non-hydrogen) atoms. The first-order chi connectivity index (χ1) is 12.7. The number of nitrogens with one attached hydrogen (secondary N) is 1. The van der Waals surface area contributed by atoms with Crippen molar-refractivity contribution in [3.63, 3.8) is 0 Å². The summed E-state index contributed by atoms with van der Waals surface area (Å²) in [6, 6.07) is 15.1. The number of methoxy groups -OCH3 is 2. The summed E-state index contributed by atoms with van der Waals surface area (Å²) in [5, 5.41) is 10.5. The Kier molecular flexibility index (Phi) is 5.48. The minimum absolute atomic E-state index is 0.0444. The molecule has 3 aromatic rings. The SMILES string of the molecule is COc1ccc(OC)c(-c2nnc(NC(=O)CCc3ccccc3)o2)c1. The standard InChI is InChI=1S/C19H19N3O4/c1-24-14-9-10-16(25-2)15(12-14)18-21-22-19(26-18)20-17(23)11-8-13-6-4-3-5-7-13/h3-7,9-10,12H,8,11H2,1-2H3,(H,20,22,23). The number of anilines is 1. The van der Waals surface area contributed by atoms with Crippen LogP contribution in [0.25, 0.3) is 11.5 Å². The summed E-state index contributed by atoms with van der Waals surface area (Å²) in [7, 11) is 3.12. The highest BCUT2D eigenvalue weighted by molar-refractivity contribution is 5.88. The van der Waals surface area contributed by atoms with Crippen LogP contribution in [0.1, 0.15) is 12.0 Å². The molecule has 7 heteroatoms. The molecule has 0 saturated heterocycles. The maximum Gasteiger partial charge on any atom is 0.322 e. The Bertz CT molecular complexity index is 878. The molecule has 0 saturated carbocycles. The molecule has 1 aromatic heterocycles. The molecule has 3 rings (SSSR count). The van der Waals surface area contributed by atoms with Crippen LogP contribution in [0.15, 0.2) is 52.9 Å². The summed E-state index contributed by atoms with van der Waals surface area (Å²) in [6.45, 7) is 0. The summed E-state index contributed by atoms with van der Waals surface area (Å²) >= 11 is 0. The summed E-state index contributed by atoms with van der Waals surface area (Å²) in [4.78, 5) is 12.1. The first kappa shape index (κ1) is 17.5. The number of nitrogens with zero attached hydrogens (tertiary/aromatic N) is 2. The summed E-state index contributed by atoms with van der Waals surface area (Å²) in [6.07, 6.45) is 0.960. The van der Waals surface area contributed by atoms with Crippen LogP contribution in [-0.4, -0.2) is 30.3 Å². The highest BCUT2D eigenvalue weighted by Gasteiger charge is 2.16. The van der Waals surface area contributed by atoms with Gasteiger partial charge in [0.2, 0.25) is 5.91 Å². The minimum atomic E-state index is -0.193. The second-order valence-electron chi connectivity index (χ2n) is 5.51. The third-order valence-corrected chi connectivity index (χ3v) is 3.79. The summed E-state index contributed by atoms with van der Waals surface area (Å²) < 4.78 is 16.1. The number of benzene rings is 2. The lowest BCUT2D eigenvalue weighted by molar-refractivity contribution is -0.116. The fraction of sp³-hybridized carbons (Fsp3) is 0.211. The maximum atomic E-state index is 12.1. The zero-order chi connectivity index (χ0) is 18.4. The van der Waals surface area contributed by atoms with E-state index in [9.17, 15) is 4.79 Å². The molecule has 2 aromatic carbocycles. The number of carbonyl (C=O) groups excluding carboxylic acids is 1. The number of aryl methyl sites for hydroxylation is 1. The third-order valence-electron chi connectivity index (χ3n) is 3.79. The molecular weight excluding hydrogens is 334 g/mol. The quantitative estimate of drug-likeness (QED) is 0.701. The van der Waals surface area contributed by atoms with Crippen molar-refractivity contribution in [1.29, 1.82) is 0 Å². The van der Waals surface area contributed by atoms with Crippen molar-refractivity contribution in [2.45, 2.75) is 12.8 Å². The van der Waals surface area contributed by atoms with Gasteiger partial charge in [0.1, 0.15) is 11.5 Å². The van der Waals surface area contributed by atoms with Crippen LogP contribution in [-0.2, 0) is 11.2 Å². The van der Waals surface area contributed by atoms with E-state index in [1.54, 1.807) is 32.4 Å². The molecule has 0 fully saturated rings. The Balaban J connectivity index is 1.67. The first-order valence-electron chi connectivity index (χ1n) is 8.09. The molecule has 0 unspecified atom stereocenters. The molecule has 0 aliphatic carbocycles. The molecule has 0 radical (unpaired) electrons. The van der Waals surface area contributed by atoms with Crippen molar-refractivity contribution in [1.82, 2.24) is 10.2 Å². The lowest BCUT2D eigenvalue weighted by atomic mass is 10.1. The highest BCUT2D eigenvalue weighted by atomic mass is 16.5. The van der Waals surface area contributed by atoms with E-state index in [-0.39, 0.29) is 17.8 Å². The Morgan fingerprint density at radius 3 is 2.62 bits per heavy atom. The fourth-order valence-corrected chi connectivity index (χ4v) is 2.45. The van der Waals surface area contributed by atoms with Crippen LogP contribution in [0, 0.1) is 0 Å². The van der Waals surface area contributed by atoms with Gasteiger partial charge in [-0.3, -0.25) is 10.1 Å². The molecule has 1 heterocycles. The molecule has 0 spiro atoms. The van der Waals surface area contributed by atoms with Gasteiger partial charge in [-0.25, -0.2) is 0 Å². The zero-order valence-electron chi connectivity index (χ0n) is 14.6. The maximum absolute atomic E-state index is 12.1.